The number of ether oxygens (including phenoxy) is 1. The van der Waals surface area contributed by atoms with Crippen LogP contribution < -0.4 is 5.32 Å². The lowest BCUT2D eigenvalue weighted by molar-refractivity contribution is -0.00295. The summed E-state index contributed by atoms with van der Waals surface area (Å²) >= 11 is 3.45. The molecule has 2 N–H and O–H groups in total. The van der Waals surface area contributed by atoms with Crippen LogP contribution in [0, 0.1) is 5.92 Å². The number of aromatic nitrogens is 2. The van der Waals surface area contributed by atoms with Crippen molar-refractivity contribution in [2.24, 2.45) is 5.92 Å². The third-order valence-corrected chi connectivity index (χ3v) is 5.08. The molecule has 0 spiro atoms. The summed E-state index contributed by atoms with van der Waals surface area (Å²) < 4.78 is 6.65. The van der Waals surface area contributed by atoms with E-state index in [1.165, 1.54) is 19.3 Å². The molecule has 0 aromatic carbocycles. The zero-order valence-corrected chi connectivity index (χ0v) is 15.2. The van der Waals surface area contributed by atoms with Gasteiger partial charge in [0.2, 0.25) is 0 Å². The Kier molecular flexibility index (Phi) is 6.44. The van der Waals surface area contributed by atoms with Crippen LogP contribution in [-0.4, -0.2) is 35.4 Å². The van der Waals surface area contributed by atoms with Gasteiger partial charge >= 0.3 is 0 Å². The predicted molar refractivity (Wildman–Crippen MR) is 90.1 cm³/mol. The third kappa shape index (κ3) is 4.32. The van der Waals surface area contributed by atoms with E-state index in [0.717, 1.165) is 16.6 Å². The Morgan fingerprint density at radius 2 is 2.18 bits per heavy atom. The van der Waals surface area contributed by atoms with Crippen molar-refractivity contribution < 1.29 is 9.53 Å². The van der Waals surface area contributed by atoms with Crippen molar-refractivity contribution in [1.29, 1.82) is 0 Å². The molecule has 1 amide bonds. The van der Waals surface area contributed by atoms with Crippen molar-refractivity contribution >= 4 is 21.8 Å². The van der Waals surface area contributed by atoms with Crippen LogP contribution in [0.1, 0.15) is 68.6 Å². The lowest BCUT2D eigenvalue weighted by Gasteiger charge is -2.28. The summed E-state index contributed by atoms with van der Waals surface area (Å²) in [5.41, 5.74) is 1.35. The van der Waals surface area contributed by atoms with Crippen molar-refractivity contribution in [1.82, 2.24) is 15.5 Å². The smallest absolute Gasteiger partial charge is 0.273 e. The molecule has 6 heteroatoms. The van der Waals surface area contributed by atoms with Crippen LogP contribution in [0.25, 0.3) is 0 Å². The van der Waals surface area contributed by atoms with Gasteiger partial charge in [0.25, 0.3) is 5.91 Å². The standard InChI is InChI=1S/C16H26BrN3O2/c1-10(2)14-13(17)15(20-19-14)16(21)18-8-9-22-12-7-5-4-6-11(12)3/h10-12H,4-9H2,1-3H3,(H,18,21)(H,19,20). The second-order valence-corrected chi connectivity index (χ2v) is 7.17. The number of halogens is 1. The molecular weight excluding hydrogens is 346 g/mol. The summed E-state index contributed by atoms with van der Waals surface area (Å²) in [5, 5.41) is 9.88. The Labute approximate surface area is 140 Å². The zero-order valence-electron chi connectivity index (χ0n) is 13.6. The fourth-order valence-corrected chi connectivity index (χ4v) is 3.68. The van der Waals surface area contributed by atoms with Gasteiger partial charge in [-0.3, -0.25) is 9.89 Å². The monoisotopic (exact) mass is 371 g/mol. The Morgan fingerprint density at radius 3 is 2.82 bits per heavy atom. The molecule has 1 aliphatic carbocycles. The lowest BCUT2D eigenvalue weighted by atomic mass is 9.88. The van der Waals surface area contributed by atoms with Gasteiger partial charge in [0, 0.05) is 6.54 Å². The number of nitrogens with zero attached hydrogens (tertiary/aromatic N) is 1. The molecule has 1 aliphatic rings. The van der Waals surface area contributed by atoms with Crippen LogP contribution in [-0.2, 0) is 4.74 Å². The van der Waals surface area contributed by atoms with E-state index in [1.807, 2.05) is 0 Å². The van der Waals surface area contributed by atoms with E-state index in [-0.39, 0.29) is 5.91 Å². The maximum absolute atomic E-state index is 12.1. The largest absolute Gasteiger partial charge is 0.376 e. The molecule has 1 fully saturated rings. The summed E-state index contributed by atoms with van der Waals surface area (Å²) in [6.07, 6.45) is 5.28. The van der Waals surface area contributed by atoms with E-state index in [4.69, 9.17) is 4.74 Å². The van der Waals surface area contributed by atoms with Crippen LogP contribution in [0.2, 0.25) is 0 Å². The highest BCUT2D eigenvalue weighted by atomic mass is 79.9. The summed E-state index contributed by atoms with van der Waals surface area (Å²) in [7, 11) is 0. The molecule has 0 saturated heterocycles. The number of amides is 1. The third-order valence-electron chi connectivity index (χ3n) is 4.28. The van der Waals surface area contributed by atoms with E-state index in [1.54, 1.807) is 0 Å². The van der Waals surface area contributed by atoms with E-state index in [2.05, 4.69) is 52.2 Å². The minimum atomic E-state index is -0.171. The van der Waals surface area contributed by atoms with Gasteiger partial charge in [-0.25, -0.2) is 0 Å². The minimum Gasteiger partial charge on any atom is -0.376 e. The van der Waals surface area contributed by atoms with Gasteiger partial charge in [0.05, 0.1) is 22.9 Å². The fraction of sp³-hybridized carbons (Fsp3) is 0.750. The lowest BCUT2D eigenvalue weighted by Crippen LogP contribution is -2.32. The summed E-state index contributed by atoms with van der Waals surface area (Å²) in [4.78, 5) is 12.1. The molecule has 5 nitrogen and oxygen atoms in total. The first-order valence-corrected chi connectivity index (χ1v) is 8.93. The van der Waals surface area contributed by atoms with Crippen molar-refractivity contribution in [3.8, 4) is 0 Å². The first-order chi connectivity index (χ1) is 10.5. The zero-order chi connectivity index (χ0) is 16.1. The molecule has 0 bridgehead atoms. The van der Waals surface area contributed by atoms with Gasteiger partial charge in [0.1, 0.15) is 0 Å². The molecule has 1 aromatic rings. The molecule has 1 heterocycles. The highest BCUT2D eigenvalue weighted by Crippen LogP contribution is 2.26. The first kappa shape index (κ1) is 17.5. The molecule has 2 atom stereocenters. The van der Waals surface area contributed by atoms with Crippen molar-refractivity contribution in [3.05, 3.63) is 15.9 Å². The topological polar surface area (TPSA) is 67.0 Å². The summed E-state index contributed by atoms with van der Waals surface area (Å²) in [6.45, 7) is 7.42. The number of rotatable bonds is 6. The van der Waals surface area contributed by atoms with Gasteiger partial charge in [0.15, 0.2) is 5.69 Å². The van der Waals surface area contributed by atoms with Gasteiger partial charge in [-0.1, -0.05) is 33.6 Å². The fourth-order valence-electron chi connectivity index (χ4n) is 2.86. The maximum Gasteiger partial charge on any atom is 0.273 e. The molecule has 1 saturated carbocycles. The number of H-pyrrole nitrogens is 1. The van der Waals surface area contributed by atoms with Crippen LogP contribution >= 0.6 is 15.9 Å². The Balaban J connectivity index is 1.76. The second kappa shape index (κ2) is 8.11. The maximum atomic E-state index is 12.1. The van der Waals surface area contributed by atoms with E-state index < -0.39 is 0 Å². The first-order valence-electron chi connectivity index (χ1n) is 8.14. The molecular formula is C16H26BrN3O2. The average Bonchev–Trinajstić information content (AvgIpc) is 2.87. The van der Waals surface area contributed by atoms with E-state index in [9.17, 15) is 4.79 Å². The highest BCUT2D eigenvalue weighted by molar-refractivity contribution is 9.10. The quantitative estimate of drug-likeness (QED) is 0.750. The van der Waals surface area contributed by atoms with Gasteiger partial charge < -0.3 is 10.1 Å². The molecule has 22 heavy (non-hydrogen) atoms. The number of hydrogen-bond donors (Lipinski definition) is 2. The predicted octanol–water partition coefficient (Wildman–Crippen LogP) is 3.62. The van der Waals surface area contributed by atoms with Crippen molar-refractivity contribution in [2.75, 3.05) is 13.2 Å². The highest BCUT2D eigenvalue weighted by Gasteiger charge is 2.22. The van der Waals surface area contributed by atoms with Crippen LogP contribution in [0.15, 0.2) is 4.47 Å². The number of hydrogen-bond acceptors (Lipinski definition) is 3. The number of carbonyl (C=O) groups is 1. The van der Waals surface area contributed by atoms with Crippen LogP contribution in [0.3, 0.4) is 0 Å². The molecule has 0 aliphatic heterocycles. The molecule has 124 valence electrons. The molecule has 2 rings (SSSR count). The van der Waals surface area contributed by atoms with Crippen LogP contribution in [0.5, 0.6) is 0 Å². The number of nitrogens with one attached hydrogen (secondary N) is 2. The molecule has 2 unspecified atom stereocenters. The summed E-state index contributed by atoms with van der Waals surface area (Å²) in [6, 6.07) is 0. The van der Waals surface area contributed by atoms with Gasteiger partial charge in [-0.2, -0.15) is 5.10 Å². The van der Waals surface area contributed by atoms with Gasteiger partial charge in [-0.15, -0.1) is 0 Å². The Hall–Kier alpha value is -0.880. The molecule has 1 aromatic heterocycles. The molecule has 0 radical (unpaired) electrons. The van der Waals surface area contributed by atoms with Crippen LogP contribution in [0.4, 0.5) is 0 Å². The number of aromatic amines is 1. The van der Waals surface area contributed by atoms with E-state index in [0.29, 0.717) is 36.8 Å². The Morgan fingerprint density at radius 1 is 1.45 bits per heavy atom. The minimum absolute atomic E-state index is 0.171. The average molecular weight is 372 g/mol. The van der Waals surface area contributed by atoms with Crippen molar-refractivity contribution in [2.45, 2.75) is 58.5 Å². The number of carbonyl (C=O) groups excluding carboxylic acids is 1. The van der Waals surface area contributed by atoms with Gasteiger partial charge in [-0.05, 0) is 40.6 Å². The van der Waals surface area contributed by atoms with E-state index >= 15 is 0 Å². The van der Waals surface area contributed by atoms with Crippen molar-refractivity contribution in [3.63, 3.8) is 0 Å². The summed E-state index contributed by atoms with van der Waals surface area (Å²) in [5.74, 6) is 0.744. The SMILES string of the molecule is CC(C)c1[nH]nc(C(=O)NCCOC2CCCCC2C)c1Br. The Bertz CT molecular complexity index is 502. The normalized spacial score (nSPS) is 22.0. The second-order valence-electron chi connectivity index (χ2n) is 6.38.